The summed E-state index contributed by atoms with van der Waals surface area (Å²) in [5, 5.41) is 8.35. The zero-order valence-electron chi connectivity index (χ0n) is 17.4. The SMILES string of the molecule is C1=CC2NC3C4CCCCC4C4CC5C(CC4N3C2CC1)NC1CCCCC15. The van der Waals surface area contributed by atoms with Crippen LogP contribution in [0.1, 0.15) is 77.0 Å². The zero-order chi connectivity index (χ0) is 18.2. The molecule has 0 spiro atoms. The Morgan fingerprint density at radius 3 is 2.39 bits per heavy atom. The van der Waals surface area contributed by atoms with Gasteiger partial charge in [-0.05, 0) is 81.0 Å². The van der Waals surface area contributed by atoms with Crippen LogP contribution in [0.4, 0.5) is 0 Å². The van der Waals surface area contributed by atoms with Gasteiger partial charge in [-0.3, -0.25) is 10.2 Å². The highest BCUT2D eigenvalue weighted by Gasteiger charge is 2.60. The normalized spacial score (nSPS) is 57.5. The number of hydrogen-bond acceptors (Lipinski definition) is 3. The van der Waals surface area contributed by atoms with Crippen molar-refractivity contribution in [3.63, 3.8) is 0 Å². The zero-order valence-corrected chi connectivity index (χ0v) is 17.4. The summed E-state index contributed by atoms with van der Waals surface area (Å²) in [5.41, 5.74) is 0. The van der Waals surface area contributed by atoms with Gasteiger partial charge in [0, 0.05) is 30.2 Å². The minimum Gasteiger partial charge on any atom is -0.311 e. The van der Waals surface area contributed by atoms with Gasteiger partial charge in [0.15, 0.2) is 0 Å². The molecule has 3 nitrogen and oxygen atoms in total. The molecule has 3 saturated carbocycles. The van der Waals surface area contributed by atoms with Gasteiger partial charge in [-0.15, -0.1) is 0 Å². The highest BCUT2D eigenvalue weighted by atomic mass is 15.4. The number of rotatable bonds is 0. The molecular formula is C25H39N3. The van der Waals surface area contributed by atoms with Crippen LogP contribution < -0.4 is 10.6 Å². The van der Waals surface area contributed by atoms with E-state index in [1.807, 2.05) is 0 Å². The monoisotopic (exact) mass is 381 g/mol. The Balaban J connectivity index is 1.24. The second kappa shape index (κ2) is 6.56. The Labute approximate surface area is 171 Å². The van der Waals surface area contributed by atoms with E-state index in [2.05, 4.69) is 27.7 Å². The van der Waals surface area contributed by atoms with Gasteiger partial charge in [-0.25, -0.2) is 0 Å². The summed E-state index contributed by atoms with van der Waals surface area (Å²) in [6, 6.07) is 3.96. The Hall–Kier alpha value is -0.380. The Bertz CT molecular complexity index is 646. The lowest BCUT2D eigenvalue weighted by atomic mass is 9.58. The number of nitrogens with one attached hydrogen (secondary N) is 2. The Morgan fingerprint density at radius 2 is 1.46 bits per heavy atom. The van der Waals surface area contributed by atoms with E-state index < -0.39 is 0 Å². The molecule has 0 bridgehead atoms. The van der Waals surface area contributed by atoms with Crippen molar-refractivity contribution in [3.05, 3.63) is 12.2 Å². The van der Waals surface area contributed by atoms with E-state index in [9.17, 15) is 0 Å². The molecule has 3 saturated heterocycles. The van der Waals surface area contributed by atoms with Gasteiger partial charge in [-0.2, -0.15) is 0 Å². The molecule has 11 atom stereocenters. The summed E-state index contributed by atoms with van der Waals surface area (Å²) < 4.78 is 0. The molecule has 28 heavy (non-hydrogen) atoms. The molecule has 0 amide bonds. The van der Waals surface area contributed by atoms with Crippen molar-refractivity contribution in [2.45, 2.75) is 113 Å². The average Bonchev–Trinajstić information content (AvgIpc) is 3.31. The Morgan fingerprint density at radius 1 is 0.643 bits per heavy atom. The van der Waals surface area contributed by atoms with Crippen LogP contribution in [0.2, 0.25) is 0 Å². The van der Waals surface area contributed by atoms with Gasteiger partial charge in [0.05, 0.1) is 6.17 Å². The van der Waals surface area contributed by atoms with E-state index in [1.54, 1.807) is 6.42 Å². The first kappa shape index (κ1) is 17.3. The molecule has 2 N–H and O–H groups in total. The lowest BCUT2D eigenvalue weighted by Gasteiger charge is -2.58. The summed E-state index contributed by atoms with van der Waals surface area (Å²) in [5.74, 6) is 4.96. The lowest BCUT2D eigenvalue weighted by Crippen LogP contribution is -2.64. The summed E-state index contributed by atoms with van der Waals surface area (Å²) in [6.45, 7) is 0. The molecule has 0 radical (unpaired) electrons. The molecule has 4 aliphatic carbocycles. The van der Waals surface area contributed by atoms with E-state index >= 15 is 0 Å². The predicted octanol–water partition coefficient (Wildman–Crippen LogP) is 4.05. The van der Waals surface area contributed by atoms with Crippen molar-refractivity contribution in [1.82, 2.24) is 15.5 Å². The van der Waals surface area contributed by atoms with E-state index in [0.717, 1.165) is 53.8 Å². The van der Waals surface area contributed by atoms with Crippen LogP contribution in [0, 0.1) is 29.6 Å². The van der Waals surface area contributed by atoms with Crippen LogP contribution in [0.15, 0.2) is 12.2 Å². The lowest BCUT2D eigenvalue weighted by molar-refractivity contribution is -0.0958. The summed E-state index contributed by atoms with van der Waals surface area (Å²) >= 11 is 0. The van der Waals surface area contributed by atoms with Gasteiger partial charge in [0.25, 0.3) is 0 Å². The van der Waals surface area contributed by atoms with Crippen molar-refractivity contribution in [2.75, 3.05) is 0 Å². The van der Waals surface area contributed by atoms with Gasteiger partial charge in [0.1, 0.15) is 0 Å². The minimum absolute atomic E-state index is 0.636. The van der Waals surface area contributed by atoms with Gasteiger partial charge in [0.2, 0.25) is 0 Å². The van der Waals surface area contributed by atoms with Gasteiger partial charge < -0.3 is 5.32 Å². The van der Waals surface area contributed by atoms with E-state index in [0.29, 0.717) is 12.2 Å². The standard InChI is InChI=1S/C25H39N3/c1-2-9-17-15(7-1)19-13-18-16-8-3-4-10-20(16)26-22(18)14-24(19)28-23-12-6-5-11-21(23)27-25(17)28/h5,11,15-27H,1-4,6-10,12-14H2. The predicted molar refractivity (Wildman–Crippen MR) is 113 cm³/mol. The molecule has 0 aromatic heterocycles. The number of allylic oxidation sites excluding steroid dienone is 1. The average molecular weight is 382 g/mol. The molecule has 0 aromatic rings. The van der Waals surface area contributed by atoms with Crippen LogP contribution in [-0.4, -0.2) is 41.3 Å². The van der Waals surface area contributed by atoms with E-state index in [-0.39, 0.29) is 0 Å². The van der Waals surface area contributed by atoms with Gasteiger partial charge in [-0.1, -0.05) is 37.8 Å². The smallest absolute Gasteiger partial charge is 0.0639 e. The van der Waals surface area contributed by atoms with E-state index in [1.165, 1.54) is 70.6 Å². The van der Waals surface area contributed by atoms with Crippen molar-refractivity contribution in [1.29, 1.82) is 0 Å². The molecule has 7 rings (SSSR count). The minimum atomic E-state index is 0.636. The van der Waals surface area contributed by atoms with Crippen molar-refractivity contribution < 1.29 is 0 Å². The second-order valence-electron chi connectivity index (χ2n) is 11.5. The fourth-order valence-electron chi connectivity index (χ4n) is 9.58. The maximum Gasteiger partial charge on any atom is 0.0639 e. The van der Waals surface area contributed by atoms with Crippen LogP contribution in [0.25, 0.3) is 0 Å². The Kier molecular flexibility index (Phi) is 4.06. The third-order valence-electron chi connectivity index (χ3n) is 10.5. The molecule has 7 aliphatic rings. The fraction of sp³-hybridized carbons (Fsp3) is 0.920. The highest BCUT2D eigenvalue weighted by molar-refractivity contribution is 5.18. The van der Waals surface area contributed by atoms with Crippen molar-refractivity contribution in [2.24, 2.45) is 29.6 Å². The maximum atomic E-state index is 4.19. The molecule has 3 heterocycles. The van der Waals surface area contributed by atoms with Gasteiger partial charge >= 0.3 is 0 Å². The summed E-state index contributed by atoms with van der Waals surface area (Å²) in [6.07, 6.45) is 23.3. The molecule has 3 aliphatic heterocycles. The highest BCUT2D eigenvalue weighted by Crippen LogP contribution is 2.56. The summed E-state index contributed by atoms with van der Waals surface area (Å²) in [7, 11) is 0. The first-order chi connectivity index (χ1) is 13.9. The van der Waals surface area contributed by atoms with Crippen LogP contribution >= 0.6 is 0 Å². The molecule has 6 fully saturated rings. The van der Waals surface area contributed by atoms with Crippen LogP contribution in [0.5, 0.6) is 0 Å². The maximum absolute atomic E-state index is 4.19. The molecule has 0 aromatic carbocycles. The summed E-state index contributed by atoms with van der Waals surface area (Å²) in [4.78, 5) is 3.09. The number of hydrogen-bond donors (Lipinski definition) is 2. The van der Waals surface area contributed by atoms with Crippen molar-refractivity contribution in [3.8, 4) is 0 Å². The molecule has 154 valence electrons. The van der Waals surface area contributed by atoms with Crippen LogP contribution in [-0.2, 0) is 0 Å². The first-order valence-electron chi connectivity index (χ1n) is 12.8. The number of nitrogens with zero attached hydrogens (tertiary/aromatic N) is 1. The topological polar surface area (TPSA) is 27.3 Å². The third kappa shape index (κ3) is 2.39. The van der Waals surface area contributed by atoms with E-state index in [4.69, 9.17) is 0 Å². The third-order valence-corrected chi connectivity index (χ3v) is 10.5. The fourth-order valence-corrected chi connectivity index (χ4v) is 9.58. The second-order valence-corrected chi connectivity index (χ2v) is 11.5. The van der Waals surface area contributed by atoms with Crippen LogP contribution in [0.3, 0.4) is 0 Å². The largest absolute Gasteiger partial charge is 0.311 e. The molecular weight excluding hydrogens is 342 g/mol. The number of piperidine rings is 1. The van der Waals surface area contributed by atoms with Crippen molar-refractivity contribution >= 4 is 0 Å². The molecule has 11 unspecified atom stereocenters. The quantitative estimate of drug-likeness (QED) is 0.620. The number of fused-ring (bicyclic) bond motifs is 11. The molecule has 3 heteroatoms. The first-order valence-corrected chi connectivity index (χ1v) is 12.8.